The Kier molecular flexibility index (Phi) is 7.61. The van der Waals surface area contributed by atoms with Gasteiger partial charge in [0, 0.05) is 17.2 Å². The minimum Gasteiger partial charge on any atom is -0.489 e. The van der Waals surface area contributed by atoms with E-state index in [-0.39, 0.29) is 41.7 Å². The molecule has 2 aliphatic carbocycles. The fourth-order valence-electron chi connectivity index (χ4n) is 6.15. The molecule has 39 heavy (non-hydrogen) atoms. The molecule has 1 aromatic heterocycles. The zero-order valence-electron chi connectivity index (χ0n) is 22.7. The molecule has 1 N–H and O–H groups in total. The van der Waals surface area contributed by atoms with Crippen LogP contribution in [-0.4, -0.2) is 23.2 Å². The minimum atomic E-state index is -0.814. The summed E-state index contributed by atoms with van der Waals surface area (Å²) in [4.78, 5) is 15.4. The molecule has 5 rings (SSSR count). The van der Waals surface area contributed by atoms with Crippen LogP contribution in [0.4, 0.5) is 8.78 Å². The third kappa shape index (κ3) is 5.92. The van der Waals surface area contributed by atoms with E-state index < -0.39 is 17.6 Å². The van der Waals surface area contributed by atoms with Crippen LogP contribution in [0.5, 0.6) is 11.6 Å². The van der Waals surface area contributed by atoms with E-state index in [1.54, 1.807) is 6.07 Å². The number of hydrogen-bond acceptors (Lipinski definition) is 4. The SMILES string of the molecule is COc1cc(-c2cc(F)c(COc3cccc(C(CC(=O)O)C4CC4)c3)cc2[C@@H]2CCCC2(C)C)c(F)cn1. The van der Waals surface area contributed by atoms with E-state index in [0.717, 1.165) is 49.4 Å². The standard InChI is InChI=1S/C32H35F2NO4/c1-32(2)11-5-8-27(32)25-13-21(28(33)14-24(25)26-15-30(38-3)35-17-29(26)34)18-39-22-7-4-6-20(12-22)23(16-31(36)37)19-9-10-19/h4,6-7,12-15,17,19,23,27H,5,8-11,16,18H2,1-3H3,(H,36,37)/t23?,27-/m0/s1. The van der Waals surface area contributed by atoms with E-state index in [0.29, 0.717) is 22.8 Å². The Bertz CT molecular complexity index is 1370. The first kappa shape index (κ1) is 27.1. The highest BCUT2D eigenvalue weighted by molar-refractivity contribution is 5.70. The monoisotopic (exact) mass is 535 g/mol. The van der Waals surface area contributed by atoms with Gasteiger partial charge < -0.3 is 14.6 Å². The highest BCUT2D eigenvalue weighted by Gasteiger charge is 2.38. The average Bonchev–Trinajstić information content (AvgIpc) is 3.69. The Morgan fingerprint density at radius 1 is 1.10 bits per heavy atom. The van der Waals surface area contributed by atoms with E-state index >= 15 is 4.39 Å². The number of carboxylic acid groups (broad SMARTS) is 1. The molecule has 2 aromatic carbocycles. The van der Waals surface area contributed by atoms with Gasteiger partial charge in [0.1, 0.15) is 24.0 Å². The van der Waals surface area contributed by atoms with Gasteiger partial charge in [-0.1, -0.05) is 32.4 Å². The second kappa shape index (κ2) is 10.9. The number of carboxylic acids is 1. The van der Waals surface area contributed by atoms with Crippen LogP contribution >= 0.6 is 0 Å². The summed E-state index contributed by atoms with van der Waals surface area (Å²) in [6.45, 7) is 4.41. The highest BCUT2D eigenvalue weighted by Crippen LogP contribution is 2.52. The summed E-state index contributed by atoms with van der Waals surface area (Å²) >= 11 is 0. The number of ether oxygens (including phenoxy) is 2. The molecule has 2 fully saturated rings. The van der Waals surface area contributed by atoms with Crippen LogP contribution in [0.15, 0.2) is 48.7 Å². The summed E-state index contributed by atoms with van der Waals surface area (Å²) in [5, 5.41) is 9.37. The Balaban J connectivity index is 1.47. The zero-order valence-corrected chi connectivity index (χ0v) is 22.7. The number of benzene rings is 2. The molecule has 0 amide bonds. The molecule has 0 radical (unpaired) electrons. The number of rotatable bonds is 10. The number of aliphatic carboxylic acids is 1. The van der Waals surface area contributed by atoms with Crippen molar-refractivity contribution in [3.63, 3.8) is 0 Å². The molecule has 2 aliphatic rings. The van der Waals surface area contributed by atoms with Gasteiger partial charge in [-0.05, 0) is 89.8 Å². The smallest absolute Gasteiger partial charge is 0.303 e. The van der Waals surface area contributed by atoms with Gasteiger partial charge >= 0.3 is 5.97 Å². The number of carbonyl (C=O) groups is 1. The largest absolute Gasteiger partial charge is 0.489 e. The molecule has 7 heteroatoms. The van der Waals surface area contributed by atoms with Crippen LogP contribution in [0.2, 0.25) is 0 Å². The first-order valence-electron chi connectivity index (χ1n) is 13.6. The Labute approximate surface area is 228 Å². The van der Waals surface area contributed by atoms with Gasteiger partial charge in [0.2, 0.25) is 5.88 Å². The first-order valence-corrected chi connectivity index (χ1v) is 13.6. The second-order valence-corrected chi connectivity index (χ2v) is 11.6. The lowest BCUT2D eigenvalue weighted by molar-refractivity contribution is -0.137. The van der Waals surface area contributed by atoms with Crippen molar-refractivity contribution in [1.29, 1.82) is 0 Å². The molecule has 0 bridgehead atoms. The number of pyridine rings is 1. The zero-order chi connectivity index (χ0) is 27.7. The van der Waals surface area contributed by atoms with Gasteiger partial charge in [0.05, 0.1) is 19.7 Å². The molecule has 206 valence electrons. The molecule has 5 nitrogen and oxygen atoms in total. The molecule has 2 atom stereocenters. The van der Waals surface area contributed by atoms with Crippen LogP contribution in [0.25, 0.3) is 11.1 Å². The van der Waals surface area contributed by atoms with Gasteiger partial charge in [-0.2, -0.15) is 0 Å². The second-order valence-electron chi connectivity index (χ2n) is 11.6. The van der Waals surface area contributed by atoms with Gasteiger partial charge in [0.25, 0.3) is 0 Å². The van der Waals surface area contributed by atoms with Crippen LogP contribution < -0.4 is 9.47 Å². The van der Waals surface area contributed by atoms with E-state index in [1.807, 2.05) is 24.3 Å². The third-order valence-electron chi connectivity index (χ3n) is 8.45. The normalized spacial score (nSPS) is 19.1. The molecule has 0 aliphatic heterocycles. The van der Waals surface area contributed by atoms with Crippen molar-refractivity contribution in [3.8, 4) is 22.8 Å². The van der Waals surface area contributed by atoms with Crippen LogP contribution in [0, 0.1) is 23.0 Å². The van der Waals surface area contributed by atoms with Crippen molar-refractivity contribution in [2.45, 2.75) is 70.8 Å². The summed E-state index contributed by atoms with van der Waals surface area (Å²) in [6.07, 6.45) is 6.28. The number of methoxy groups -OCH3 is 1. The maximum atomic E-state index is 15.6. The summed E-state index contributed by atoms with van der Waals surface area (Å²) in [7, 11) is 1.47. The molecule has 1 unspecified atom stereocenters. The van der Waals surface area contributed by atoms with Crippen molar-refractivity contribution in [3.05, 3.63) is 77.0 Å². The Hall–Kier alpha value is -3.48. The van der Waals surface area contributed by atoms with Crippen molar-refractivity contribution < 1.29 is 28.2 Å². The van der Waals surface area contributed by atoms with Crippen molar-refractivity contribution >= 4 is 5.97 Å². The summed E-state index contributed by atoms with van der Waals surface area (Å²) < 4.78 is 41.8. The Morgan fingerprint density at radius 2 is 1.90 bits per heavy atom. The van der Waals surface area contributed by atoms with Crippen LogP contribution in [-0.2, 0) is 11.4 Å². The van der Waals surface area contributed by atoms with Gasteiger partial charge in [-0.3, -0.25) is 4.79 Å². The summed E-state index contributed by atoms with van der Waals surface area (Å²) in [5.74, 6) is -0.522. The maximum Gasteiger partial charge on any atom is 0.303 e. The summed E-state index contributed by atoms with van der Waals surface area (Å²) in [5.41, 5.74) is 2.99. The van der Waals surface area contributed by atoms with Crippen molar-refractivity contribution in [1.82, 2.24) is 4.98 Å². The van der Waals surface area contributed by atoms with Gasteiger partial charge in [-0.15, -0.1) is 0 Å². The number of halogens is 2. The first-order chi connectivity index (χ1) is 18.7. The number of nitrogens with zero attached hydrogens (tertiary/aromatic N) is 1. The van der Waals surface area contributed by atoms with E-state index in [4.69, 9.17) is 9.47 Å². The topological polar surface area (TPSA) is 68.7 Å². The quantitative estimate of drug-likeness (QED) is 0.286. The molecular weight excluding hydrogens is 500 g/mol. The predicted molar refractivity (Wildman–Crippen MR) is 145 cm³/mol. The molecular formula is C32H35F2NO4. The lowest BCUT2D eigenvalue weighted by Gasteiger charge is -2.30. The van der Waals surface area contributed by atoms with E-state index in [1.165, 1.54) is 19.2 Å². The van der Waals surface area contributed by atoms with Crippen molar-refractivity contribution in [2.75, 3.05) is 7.11 Å². The Morgan fingerprint density at radius 3 is 2.56 bits per heavy atom. The molecule has 3 aromatic rings. The van der Waals surface area contributed by atoms with E-state index in [2.05, 4.69) is 18.8 Å². The van der Waals surface area contributed by atoms with Crippen LogP contribution in [0.1, 0.15) is 80.9 Å². The lowest BCUT2D eigenvalue weighted by atomic mass is 9.75. The van der Waals surface area contributed by atoms with E-state index in [9.17, 15) is 14.3 Å². The molecule has 2 saturated carbocycles. The predicted octanol–water partition coefficient (Wildman–Crippen LogP) is 7.88. The lowest BCUT2D eigenvalue weighted by Crippen LogP contribution is -2.17. The summed E-state index contributed by atoms with van der Waals surface area (Å²) in [6, 6.07) is 12.2. The number of hydrogen-bond donors (Lipinski definition) is 1. The third-order valence-corrected chi connectivity index (χ3v) is 8.45. The van der Waals surface area contributed by atoms with Crippen LogP contribution in [0.3, 0.4) is 0 Å². The highest BCUT2D eigenvalue weighted by atomic mass is 19.1. The van der Waals surface area contributed by atoms with Crippen molar-refractivity contribution in [2.24, 2.45) is 11.3 Å². The number of aromatic nitrogens is 1. The average molecular weight is 536 g/mol. The molecule has 1 heterocycles. The minimum absolute atomic E-state index is 0.00485. The van der Waals surface area contributed by atoms with Gasteiger partial charge in [-0.25, -0.2) is 13.8 Å². The van der Waals surface area contributed by atoms with Gasteiger partial charge in [0.15, 0.2) is 0 Å². The maximum absolute atomic E-state index is 15.6. The molecule has 0 spiro atoms. The fraction of sp³-hybridized carbons (Fsp3) is 0.438. The molecule has 0 saturated heterocycles. The fourth-order valence-corrected chi connectivity index (χ4v) is 6.15.